The molecule has 1 amide bonds. The van der Waals surface area contributed by atoms with Crippen LogP contribution in [0, 0.1) is 0 Å². The predicted molar refractivity (Wildman–Crippen MR) is 132 cm³/mol. The van der Waals surface area contributed by atoms with Crippen molar-refractivity contribution in [3.63, 3.8) is 0 Å². The number of rotatable bonds is 23. The minimum absolute atomic E-state index is 0.115. The molecule has 4 nitrogen and oxygen atoms in total. The van der Waals surface area contributed by atoms with Crippen LogP contribution in [0.2, 0.25) is 0 Å². The molecular formula is C27H51NO3. The van der Waals surface area contributed by atoms with Gasteiger partial charge in [0.25, 0.3) is 0 Å². The fraction of sp³-hybridized carbons (Fsp3) is 0.852. The van der Waals surface area contributed by atoms with Crippen LogP contribution in [0.3, 0.4) is 0 Å². The maximum atomic E-state index is 11.7. The third kappa shape index (κ3) is 26.6. The van der Waals surface area contributed by atoms with Crippen LogP contribution in [0.5, 0.6) is 0 Å². The van der Waals surface area contributed by atoms with Gasteiger partial charge in [0.15, 0.2) is 0 Å². The quantitative estimate of drug-likeness (QED) is 0.101. The summed E-state index contributed by atoms with van der Waals surface area (Å²) in [7, 11) is 0. The fourth-order valence-corrected chi connectivity index (χ4v) is 3.67. The molecular weight excluding hydrogens is 386 g/mol. The summed E-state index contributed by atoms with van der Waals surface area (Å²) in [6, 6.07) is 0. The zero-order valence-corrected chi connectivity index (χ0v) is 20.7. The van der Waals surface area contributed by atoms with E-state index >= 15 is 0 Å². The summed E-state index contributed by atoms with van der Waals surface area (Å²) in [5.74, 6) is -0.151. The van der Waals surface area contributed by atoms with Crippen LogP contribution in [0.4, 0.5) is 0 Å². The first kappa shape index (κ1) is 29.7. The lowest BCUT2D eigenvalue weighted by molar-refractivity contribution is -0.140. The highest BCUT2D eigenvalue weighted by molar-refractivity contribution is 5.75. The van der Waals surface area contributed by atoms with Gasteiger partial charge in [-0.25, -0.2) is 0 Å². The third-order valence-corrected chi connectivity index (χ3v) is 5.61. The van der Waals surface area contributed by atoms with Gasteiger partial charge in [-0.1, -0.05) is 96.1 Å². The van der Waals surface area contributed by atoms with Crippen molar-refractivity contribution in [3.8, 4) is 0 Å². The molecule has 0 bridgehead atoms. The van der Waals surface area contributed by atoms with E-state index in [4.69, 9.17) is 4.74 Å². The second-order valence-electron chi connectivity index (χ2n) is 8.79. The van der Waals surface area contributed by atoms with Gasteiger partial charge in [0, 0.05) is 19.9 Å². The van der Waals surface area contributed by atoms with E-state index in [1.54, 1.807) is 0 Å². The molecule has 0 aliphatic rings. The molecule has 4 heteroatoms. The monoisotopic (exact) mass is 437 g/mol. The molecule has 1 N–H and O–H groups in total. The Morgan fingerprint density at radius 2 is 1.16 bits per heavy atom. The van der Waals surface area contributed by atoms with Gasteiger partial charge in [0.1, 0.15) is 0 Å². The van der Waals surface area contributed by atoms with E-state index < -0.39 is 0 Å². The Bertz CT molecular complexity index is 434. The molecule has 0 atom stereocenters. The number of carbonyl (C=O) groups is 2. The SMILES string of the molecule is CCCCCCCCC=CCCCCCCCCCCCC(=O)NCCCOC(C)=O. The zero-order valence-electron chi connectivity index (χ0n) is 20.7. The second kappa shape index (κ2) is 24.9. The number of allylic oxidation sites excluding steroid dienone is 2. The molecule has 0 aromatic carbocycles. The van der Waals surface area contributed by atoms with Gasteiger partial charge in [-0.3, -0.25) is 9.59 Å². The van der Waals surface area contributed by atoms with Gasteiger partial charge < -0.3 is 10.1 Å². The van der Waals surface area contributed by atoms with Crippen LogP contribution in [-0.2, 0) is 14.3 Å². The Labute approximate surface area is 193 Å². The molecule has 0 saturated heterocycles. The van der Waals surface area contributed by atoms with Crippen LogP contribution in [0.1, 0.15) is 136 Å². The molecule has 0 spiro atoms. The first-order valence-corrected chi connectivity index (χ1v) is 13.2. The average Bonchev–Trinajstić information content (AvgIpc) is 2.75. The van der Waals surface area contributed by atoms with Gasteiger partial charge in [-0.15, -0.1) is 0 Å². The van der Waals surface area contributed by atoms with E-state index in [1.807, 2.05) is 0 Å². The largest absolute Gasteiger partial charge is 0.466 e. The van der Waals surface area contributed by atoms with E-state index in [0.717, 1.165) is 12.8 Å². The number of ether oxygens (including phenoxy) is 1. The molecule has 0 heterocycles. The second-order valence-corrected chi connectivity index (χ2v) is 8.79. The summed E-state index contributed by atoms with van der Waals surface area (Å²) in [6.07, 6.45) is 28.3. The number of unbranched alkanes of at least 4 members (excludes halogenated alkanes) is 15. The zero-order chi connectivity index (χ0) is 22.8. The van der Waals surface area contributed by atoms with E-state index in [9.17, 15) is 9.59 Å². The number of hydrogen-bond acceptors (Lipinski definition) is 3. The van der Waals surface area contributed by atoms with Crippen molar-refractivity contribution in [1.82, 2.24) is 5.32 Å². The highest BCUT2D eigenvalue weighted by Crippen LogP contribution is 2.12. The molecule has 0 aliphatic carbocycles. The molecule has 0 saturated carbocycles. The van der Waals surface area contributed by atoms with Crippen LogP contribution in [0.15, 0.2) is 12.2 Å². The maximum absolute atomic E-state index is 11.7. The lowest BCUT2D eigenvalue weighted by atomic mass is 10.1. The molecule has 0 radical (unpaired) electrons. The van der Waals surface area contributed by atoms with Crippen LogP contribution < -0.4 is 5.32 Å². The van der Waals surface area contributed by atoms with E-state index in [2.05, 4.69) is 24.4 Å². The number of carbonyl (C=O) groups excluding carboxylic acids is 2. The van der Waals surface area contributed by atoms with Crippen molar-refractivity contribution in [2.75, 3.05) is 13.2 Å². The van der Waals surface area contributed by atoms with Gasteiger partial charge in [-0.2, -0.15) is 0 Å². The number of amides is 1. The van der Waals surface area contributed by atoms with Crippen molar-refractivity contribution < 1.29 is 14.3 Å². The van der Waals surface area contributed by atoms with Gasteiger partial charge in [0.05, 0.1) is 6.61 Å². The smallest absolute Gasteiger partial charge is 0.302 e. The predicted octanol–water partition coefficient (Wildman–Crippen LogP) is 7.65. The molecule has 0 rings (SSSR count). The van der Waals surface area contributed by atoms with Crippen molar-refractivity contribution in [1.29, 1.82) is 0 Å². The minimum atomic E-state index is -0.266. The summed E-state index contributed by atoms with van der Waals surface area (Å²) in [5.41, 5.74) is 0. The number of hydrogen-bond donors (Lipinski definition) is 1. The molecule has 0 aromatic heterocycles. The average molecular weight is 438 g/mol. The van der Waals surface area contributed by atoms with Gasteiger partial charge in [0.2, 0.25) is 5.91 Å². The number of esters is 1. The molecule has 31 heavy (non-hydrogen) atoms. The topological polar surface area (TPSA) is 55.4 Å². The van der Waals surface area contributed by atoms with Crippen LogP contribution in [-0.4, -0.2) is 25.0 Å². The van der Waals surface area contributed by atoms with Crippen LogP contribution >= 0.6 is 0 Å². The van der Waals surface area contributed by atoms with E-state index in [1.165, 1.54) is 103 Å². The summed E-state index contributed by atoms with van der Waals surface area (Å²) >= 11 is 0. The third-order valence-electron chi connectivity index (χ3n) is 5.61. The molecule has 0 fully saturated rings. The van der Waals surface area contributed by atoms with Crippen molar-refractivity contribution >= 4 is 11.9 Å². The highest BCUT2D eigenvalue weighted by Gasteiger charge is 2.01. The lowest BCUT2D eigenvalue weighted by Crippen LogP contribution is -2.25. The number of nitrogens with one attached hydrogen (secondary N) is 1. The normalized spacial score (nSPS) is 11.2. The summed E-state index contributed by atoms with van der Waals surface area (Å²) in [4.78, 5) is 22.3. The van der Waals surface area contributed by atoms with Gasteiger partial charge in [-0.05, 0) is 38.5 Å². The Hall–Kier alpha value is -1.32. The molecule has 0 aliphatic heterocycles. The van der Waals surface area contributed by atoms with Crippen molar-refractivity contribution in [3.05, 3.63) is 12.2 Å². The Morgan fingerprint density at radius 3 is 1.68 bits per heavy atom. The fourth-order valence-electron chi connectivity index (χ4n) is 3.67. The van der Waals surface area contributed by atoms with Crippen LogP contribution in [0.25, 0.3) is 0 Å². The lowest BCUT2D eigenvalue weighted by Gasteiger charge is -2.05. The standard InChI is InChI=1S/C27H51NO3/c1-3-4-5-6-7-8-9-10-11-12-13-14-15-16-17-18-19-20-21-23-27(30)28-24-22-25-31-26(2)29/h10-11H,3-9,12-25H2,1-2H3,(H,28,30). The first-order valence-electron chi connectivity index (χ1n) is 13.2. The van der Waals surface area contributed by atoms with Gasteiger partial charge >= 0.3 is 5.97 Å². The van der Waals surface area contributed by atoms with Crippen molar-refractivity contribution in [2.24, 2.45) is 0 Å². The van der Waals surface area contributed by atoms with E-state index in [-0.39, 0.29) is 11.9 Å². The summed E-state index contributed by atoms with van der Waals surface area (Å²) in [5, 5.41) is 2.88. The maximum Gasteiger partial charge on any atom is 0.302 e. The Morgan fingerprint density at radius 1 is 0.677 bits per heavy atom. The summed E-state index contributed by atoms with van der Waals surface area (Å²) < 4.78 is 4.83. The highest BCUT2D eigenvalue weighted by atomic mass is 16.5. The molecule has 0 aromatic rings. The molecule has 0 unspecified atom stereocenters. The summed E-state index contributed by atoms with van der Waals surface area (Å²) in [6.45, 7) is 4.64. The van der Waals surface area contributed by atoms with Crippen molar-refractivity contribution in [2.45, 2.75) is 136 Å². The van der Waals surface area contributed by atoms with E-state index in [0.29, 0.717) is 26.0 Å². The Balaban J connectivity index is 3.18. The Kier molecular flexibility index (Phi) is 23.9. The first-order chi connectivity index (χ1) is 15.2. The minimum Gasteiger partial charge on any atom is -0.466 e. The molecule has 182 valence electrons.